The molecular formula is C35H22N4O4S. The van der Waals surface area contributed by atoms with Gasteiger partial charge in [0.05, 0.1) is 38.8 Å². The van der Waals surface area contributed by atoms with Crippen LogP contribution in [0, 0.1) is 11.8 Å². The highest BCUT2D eigenvalue weighted by atomic mass is 32.1. The Morgan fingerprint density at radius 1 is 0.614 bits per heavy atom. The van der Waals surface area contributed by atoms with Crippen molar-refractivity contribution in [1.82, 2.24) is 15.0 Å². The maximum Gasteiger partial charge on any atom is 0.335 e. The van der Waals surface area contributed by atoms with Crippen molar-refractivity contribution >= 4 is 39.7 Å². The molecule has 0 aliphatic rings. The second kappa shape index (κ2) is 12.4. The van der Waals surface area contributed by atoms with Crippen LogP contribution in [-0.2, 0) is 0 Å². The molecule has 9 heteroatoms. The summed E-state index contributed by atoms with van der Waals surface area (Å²) in [6, 6.07) is 33.3. The molecule has 0 saturated carbocycles. The number of benzene rings is 2. The molecule has 212 valence electrons. The SMILES string of the molecule is O=C(O)c1ccnc(-c2cc(C(=O)O)cc(-c3cc(C#Cc4ccc(N(c5ccccc5)c5ccccc5)s4)ccn3)n2)c1. The highest BCUT2D eigenvalue weighted by molar-refractivity contribution is 7.16. The Bertz CT molecular complexity index is 2010. The van der Waals surface area contributed by atoms with Crippen molar-refractivity contribution in [2.24, 2.45) is 0 Å². The zero-order chi connectivity index (χ0) is 30.5. The molecule has 0 amide bonds. The molecule has 0 saturated heterocycles. The van der Waals surface area contributed by atoms with Crippen LogP contribution in [0.2, 0.25) is 0 Å². The lowest BCUT2D eigenvalue weighted by Crippen LogP contribution is -2.07. The number of aromatic carboxylic acids is 2. The first-order chi connectivity index (χ1) is 21.4. The van der Waals surface area contributed by atoms with Gasteiger partial charge in [-0.3, -0.25) is 9.97 Å². The number of hydrogen-bond acceptors (Lipinski definition) is 7. The van der Waals surface area contributed by atoms with E-state index in [-0.39, 0.29) is 22.5 Å². The molecule has 0 fully saturated rings. The van der Waals surface area contributed by atoms with Crippen LogP contribution < -0.4 is 4.90 Å². The van der Waals surface area contributed by atoms with Gasteiger partial charge in [-0.15, -0.1) is 11.3 Å². The van der Waals surface area contributed by atoms with Gasteiger partial charge >= 0.3 is 11.9 Å². The molecule has 0 bridgehead atoms. The molecule has 8 nitrogen and oxygen atoms in total. The van der Waals surface area contributed by atoms with E-state index < -0.39 is 11.9 Å². The van der Waals surface area contributed by atoms with E-state index in [1.54, 1.807) is 29.7 Å². The van der Waals surface area contributed by atoms with Gasteiger partial charge in [0.1, 0.15) is 5.00 Å². The lowest BCUT2D eigenvalue weighted by atomic mass is 10.1. The Kier molecular flexibility index (Phi) is 7.90. The van der Waals surface area contributed by atoms with Crippen molar-refractivity contribution in [3.05, 3.63) is 143 Å². The van der Waals surface area contributed by atoms with Crippen LogP contribution in [0.1, 0.15) is 31.2 Å². The quantitative estimate of drug-likeness (QED) is 0.182. The number of pyridine rings is 3. The van der Waals surface area contributed by atoms with E-state index in [0.717, 1.165) is 21.3 Å². The Hall–Kier alpha value is -6.11. The molecule has 0 atom stereocenters. The summed E-state index contributed by atoms with van der Waals surface area (Å²) in [5.74, 6) is 4.14. The maximum absolute atomic E-state index is 11.9. The molecule has 6 aromatic rings. The van der Waals surface area contributed by atoms with Crippen LogP contribution in [0.5, 0.6) is 0 Å². The third-order valence-corrected chi connectivity index (χ3v) is 7.52. The van der Waals surface area contributed by atoms with Gasteiger partial charge in [0, 0.05) is 29.3 Å². The van der Waals surface area contributed by atoms with Crippen LogP contribution >= 0.6 is 11.3 Å². The first kappa shape index (κ1) is 28.0. The van der Waals surface area contributed by atoms with Crippen molar-refractivity contribution in [3.8, 4) is 34.6 Å². The highest BCUT2D eigenvalue weighted by Gasteiger charge is 2.16. The number of carboxylic acids is 2. The molecule has 6 rings (SSSR count). The monoisotopic (exact) mass is 594 g/mol. The van der Waals surface area contributed by atoms with E-state index in [4.69, 9.17) is 0 Å². The Morgan fingerprint density at radius 3 is 1.80 bits per heavy atom. The van der Waals surface area contributed by atoms with Crippen LogP contribution in [-0.4, -0.2) is 37.1 Å². The summed E-state index contributed by atoms with van der Waals surface area (Å²) in [5.41, 5.74) is 3.90. The number of nitrogens with zero attached hydrogens (tertiary/aromatic N) is 4. The number of carbonyl (C=O) groups is 2. The van der Waals surface area contributed by atoms with Gasteiger partial charge in [-0.05, 0) is 72.8 Å². The Morgan fingerprint density at radius 2 is 1.18 bits per heavy atom. The minimum absolute atomic E-state index is 0.0156. The molecule has 4 heterocycles. The lowest BCUT2D eigenvalue weighted by molar-refractivity contribution is 0.0686. The number of aromatic nitrogens is 3. The van der Waals surface area contributed by atoms with Crippen molar-refractivity contribution in [1.29, 1.82) is 0 Å². The number of carboxylic acid groups (broad SMARTS) is 2. The van der Waals surface area contributed by atoms with E-state index >= 15 is 0 Å². The first-order valence-electron chi connectivity index (χ1n) is 13.4. The fourth-order valence-corrected chi connectivity index (χ4v) is 5.38. The highest BCUT2D eigenvalue weighted by Crippen LogP contribution is 2.38. The normalized spacial score (nSPS) is 10.5. The topological polar surface area (TPSA) is 117 Å². The van der Waals surface area contributed by atoms with Gasteiger partial charge in [0.2, 0.25) is 0 Å². The van der Waals surface area contributed by atoms with Crippen molar-refractivity contribution in [2.75, 3.05) is 4.90 Å². The minimum atomic E-state index is -1.16. The molecule has 2 aromatic carbocycles. The Balaban J connectivity index is 1.32. The lowest BCUT2D eigenvalue weighted by Gasteiger charge is -2.23. The third kappa shape index (κ3) is 6.21. The standard InChI is InChI=1S/C35H22N4O4S/c40-34(41)24-16-18-37-30(20-24)32-22-25(35(42)43)21-31(38-32)29-19-23(15-17-36-29)11-12-28-13-14-33(44-28)39(26-7-3-1-4-8-26)27-9-5-2-6-10-27/h1-10,13-22H,(H,40,41)(H,42,43). The van der Waals surface area contributed by atoms with Crippen LogP contribution in [0.4, 0.5) is 16.4 Å². The molecule has 0 unspecified atom stereocenters. The number of rotatable bonds is 7. The van der Waals surface area contributed by atoms with Crippen LogP contribution in [0.3, 0.4) is 0 Å². The third-order valence-electron chi connectivity index (χ3n) is 6.54. The second-order valence-corrected chi connectivity index (χ2v) is 10.6. The van der Waals surface area contributed by atoms with Gasteiger partial charge in [-0.2, -0.15) is 0 Å². The average molecular weight is 595 g/mol. The van der Waals surface area contributed by atoms with Gasteiger partial charge in [-0.1, -0.05) is 48.2 Å². The fourth-order valence-electron chi connectivity index (χ4n) is 4.47. The van der Waals surface area contributed by atoms with Gasteiger partial charge in [0.15, 0.2) is 0 Å². The summed E-state index contributed by atoms with van der Waals surface area (Å²) in [4.78, 5) is 39.6. The summed E-state index contributed by atoms with van der Waals surface area (Å²) >= 11 is 1.57. The van der Waals surface area contributed by atoms with Crippen LogP contribution in [0.25, 0.3) is 22.8 Å². The average Bonchev–Trinajstić information content (AvgIpc) is 3.53. The van der Waals surface area contributed by atoms with Crippen molar-refractivity contribution in [3.63, 3.8) is 0 Å². The smallest absolute Gasteiger partial charge is 0.335 e. The summed E-state index contributed by atoms with van der Waals surface area (Å²) < 4.78 is 0. The maximum atomic E-state index is 11.9. The molecule has 2 N–H and O–H groups in total. The number of hydrogen-bond donors (Lipinski definition) is 2. The van der Waals surface area contributed by atoms with Gasteiger partial charge < -0.3 is 15.1 Å². The fraction of sp³-hybridized carbons (Fsp3) is 0. The van der Waals surface area contributed by atoms with E-state index in [0.29, 0.717) is 17.0 Å². The molecule has 0 aliphatic carbocycles. The molecular weight excluding hydrogens is 572 g/mol. The van der Waals surface area contributed by atoms with E-state index in [1.807, 2.05) is 48.5 Å². The molecule has 4 aromatic heterocycles. The number of thiophene rings is 1. The summed E-state index contributed by atoms with van der Waals surface area (Å²) in [6.07, 6.45) is 2.93. The molecule has 0 spiro atoms. The van der Waals surface area contributed by atoms with Gasteiger partial charge in [0.25, 0.3) is 0 Å². The second-order valence-electron chi connectivity index (χ2n) is 9.49. The van der Waals surface area contributed by atoms with E-state index in [9.17, 15) is 19.8 Å². The molecule has 44 heavy (non-hydrogen) atoms. The zero-order valence-corrected chi connectivity index (χ0v) is 23.8. The van der Waals surface area contributed by atoms with Crippen molar-refractivity contribution < 1.29 is 19.8 Å². The molecule has 0 radical (unpaired) electrons. The Labute approximate surface area is 256 Å². The predicted octanol–water partition coefficient (Wildman–Crippen LogP) is 7.53. The summed E-state index contributed by atoms with van der Waals surface area (Å²) in [5, 5.41) is 20.1. The van der Waals surface area contributed by atoms with E-state index in [2.05, 4.69) is 56.0 Å². The van der Waals surface area contributed by atoms with Crippen molar-refractivity contribution in [2.45, 2.75) is 0 Å². The minimum Gasteiger partial charge on any atom is -0.478 e. The molecule has 0 aliphatic heterocycles. The number of anilines is 3. The summed E-state index contributed by atoms with van der Waals surface area (Å²) in [7, 11) is 0. The first-order valence-corrected chi connectivity index (χ1v) is 14.2. The largest absolute Gasteiger partial charge is 0.478 e. The van der Waals surface area contributed by atoms with Gasteiger partial charge in [-0.25, -0.2) is 14.6 Å². The summed E-state index contributed by atoms with van der Waals surface area (Å²) in [6.45, 7) is 0. The van der Waals surface area contributed by atoms with E-state index in [1.165, 1.54) is 30.5 Å². The predicted molar refractivity (Wildman–Crippen MR) is 170 cm³/mol. The number of para-hydroxylation sites is 2. The van der Waals surface area contributed by atoms with Crippen LogP contribution in [0.15, 0.2) is 122 Å². The zero-order valence-electron chi connectivity index (χ0n) is 23.0.